The van der Waals surface area contributed by atoms with Crippen molar-refractivity contribution in [2.75, 3.05) is 0 Å². The highest BCUT2D eigenvalue weighted by Gasteiger charge is 2.31. The maximum atomic E-state index is 12.6. The van der Waals surface area contributed by atoms with Crippen LogP contribution in [0.2, 0.25) is 0 Å². The summed E-state index contributed by atoms with van der Waals surface area (Å²) in [6.07, 6.45) is 0.318. The lowest BCUT2D eigenvalue weighted by Gasteiger charge is -2.13. The van der Waals surface area contributed by atoms with Gasteiger partial charge in [-0.15, -0.1) is 13.2 Å². The maximum absolute atomic E-state index is 12.6. The predicted octanol–water partition coefficient (Wildman–Crippen LogP) is 5.01. The second-order valence-corrected chi connectivity index (χ2v) is 6.51. The molecule has 0 unspecified atom stereocenters. The van der Waals surface area contributed by atoms with Gasteiger partial charge >= 0.3 is 6.36 Å². The molecule has 0 aliphatic heterocycles. The first-order valence-corrected chi connectivity index (χ1v) is 8.78. The minimum absolute atomic E-state index is 0.274. The van der Waals surface area contributed by atoms with Gasteiger partial charge < -0.3 is 4.74 Å². The molecule has 0 fully saturated rings. The third-order valence-corrected chi connectivity index (χ3v) is 4.46. The monoisotopic (exact) mass is 397 g/mol. The summed E-state index contributed by atoms with van der Waals surface area (Å²) in [7, 11) is 0. The molecule has 29 heavy (non-hydrogen) atoms. The predicted molar refractivity (Wildman–Crippen MR) is 102 cm³/mol. The van der Waals surface area contributed by atoms with E-state index < -0.39 is 6.36 Å². The third-order valence-electron chi connectivity index (χ3n) is 4.46. The first-order valence-electron chi connectivity index (χ1n) is 8.78. The maximum Gasteiger partial charge on any atom is 0.573 e. The van der Waals surface area contributed by atoms with E-state index in [1.54, 1.807) is 29.3 Å². The molecule has 0 aliphatic rings. The summed E-state index contributed by atoms with van der Waals surface area (Å²) in [6, 6.07) is 11.4. The van der Waals surface area contributed by atoms with Crippen molar-refractivity contribution in [3.05, 3.63) is 83.9 Å². The van der Waals surface area contributed by atoms with Crippen molar-refractivity contribution >= 4 is 10.9 Å². The SMILES string of the molecule is C[C](c1cccc(OC(F)(F)F)c1)c1nn(-c2ccnc(C)c2)c2cnccc12. The molecule has 0 amide bonds. The largest absolute Gasteiger partial charge is 0.573 e. The highest BCUT2D eigenvalue weighted by molar-refractivity contribution is 5.85. The fourth-order valence-corrected chi connectivity index (χ4v) is 3.16. The van der Waals surface area contributed by atoms with E-state index in [-0.39, 0.29) is 5.75 Å². The molecule has 0 atom stereocenters. The number of pyridine rings is 2. The van der Waals surface area contributed by atoms with Gasteiger partial charge in [-0.3, -0.25) is 9.97 Å². The summed E-state index contributed by atoms with van der Waals surface area (Å²) in [6.45, 7) is 3.70. The van der Waals surface area contributed by atoms with E-state index in [2.05, 4.69) is 14.7 Å². The van der Waals surface area contributed by atoms with Gasteiger partial charge in [-0.1, -0.05) is 12.1 Å². The van der Waals surface area contributed by atoms with Crippen LogP contribution in [-0.4, -0.2) is 26.1 Å². The van der Waals surface area contributed by atoms with E-state index in [0.717, 1.165) is 28.2 Å². The van der Waals surface area contributed by atoms with Gasteiger partial charge in [0.15, 0.2) is 0 Å². The average molecular weight is 397 g/mol. The van der Waals surface area contributed by atoms with Crippen LogP contribution >= 0.6 is 0 Å². The van der Waals surface area contributed by atoms with E-state index in [1.807, 2.05) is 32.0 Å². The van der Waals surface area contributed by atoms with E-state index >= 15 is 0 Å². The van der Waals surface area contributed by atoms with Gasteiger partial charge in [0.25, 0.3) is 0 Å². The topological polar surface area (TPSA) is 52.8 Å². The molecule has 0 bridgehead atoms. The summed E-state index contributed by atoms with van der Waals surface area (Å²) in [5.41, 5.74) is 3.69. The van der Waals surface area contributed by atoms with Gasteiger partial charge in [0, 0.05) is 23.5 Å². The van der Waals surface area contributed by atoms with Crippen LogP contribution in [0.25, 0.3) is 16.6 Å². The van der Waals surface area contributed by atoms with Crippen LogP contribution < -0.4 is 4.74 Å². The molecule has 1 aromatic carbocycles. The Morgan fingerprint density at radius 3 is 2.66 bits per heavy atom. The van der Waals surface area contributed by atoms with Crippen molar-refractivity contribution in [2.24, 2.45) is 0 Å². The number of halogens is 3. The molecule has 0 saturated heterocycles. The van der Waals surface area contributed by atoms with Crippen molar-refractivity contribution in [2.45, 2.75) is 20.2 Å². The van der Waals surface area contributed by atoms with Crippen LogP contribution in [0.4, 0.5) is 13.2 Å². The first-order chi connectivity index (χ1) is 13.8. The normalized spacial score (nSPS) is 11.9. The number of hydrogen-bond acceptors (Lipinski definition) is 4. The van der Waals surface area contributed by atoms with Gasteiger partial charge in [0.05, 0.1) is 29.0 Å². The Bertz CT molecular complexity index is 1170. The lowest BCUT2D eigenvalue weighted by molar-refractivity contribution is -0.274. The smallest absolute Gasteiger partial charge is 0.406 e. The number of aromatic nitrogens is 4. The highest BCUT2D eigenvalue weighted by Crippen LogP contribution is 2.32. The highest BCUT2D eigenvalue weighted by atomic mass is 19.4. The Labute approximate surface area is 164 Å². The lowest BCUT2D eigenvalue weighted by atomic mass is 9.96. The number of hydrogen-bond donors (Lipinski definition) is 0. The van der Waals surface area contributed by atoms with Crippen LogP contribution in [0.3, 0.4) is 0 Å². The summed E-state index contributed by atoms with van der Waals surface area (Å²) >= 11 is 0. The van der Waals surface area contributed by atoms with Crippen molar-refractivity contribution in [1.82, 2.24) is 19.7 Å². The fraction of sp³-hybridized carbons (Fsp3) is 0.143. The molecule has 5 nitrogen and oxygen atoms in total. The van der Waals surface area contributed by atoms with Gasteiger partial charge in [-0.05, 0) is 49.7 Å². The number of alkyl halides is 3. The first kappa shape index (κ1) is 18.9. The minimum atomic E-state index is -4.74. The van der Waals surface area contributed by atoms with Crippen molar-refractivity contribution in [3.8, 4) is 11.4 Å². The fourth-order valence-electron chi connectivity index (χ4n) is 3.16. The molecular formula is C21H16F3N4O. The molecule has 4 aromatic rings. The molecule has 0 spiro atoms. The number of rotatable bonds is 4. The van der Waals surface area contributed by atoms with E-state index in [0.29, 0.717) is 11.3 Å². The summed E-state index contributed by atoms with van der Waals surface area (Å²) in [4.78, 5) is 8.40. The second-order valence-electron chi connectivity index (χ2n) is 6.51. The number of ether oxygens (including phenoxy) is 1. The number of nitrogens with zero attached hydrogens (tertiary/aromatic N) is 4. The Kier molecular flexibility index (Phi) is 4.70. The van der Waals surface area contributed by atoms with E-state index in [4.69, 9.17) is 5.10 Å². The molecule has 0 aliphatic carbocycles. The Morgan fingerprint density at radius 1 is 1.07 bits per heavy atom. The van der Waals surface area contributed by atoms with Crippen LogP contribution in [0.1, 0.15) is 23.9 Å². The van der Waals surface area contributed by atoms with Crippen LogP contribution in [0.15, 0.2) is 61.1 Å². The van der Waals surface area contributed by atoms with Crippen molar-refractivity contribution in [3.63, 3.8) is 0 Å². The van der Waals surface area contributed by atoms with Gasteiger partial charge in [0.1, 0.15) is 5.75 Å². The summed E-state index contributed by atoms with van der Waals surface area (Å²) < 4.78 is 43.5. The molecule has 4 rings (SSSR count). The van der Waals surface area contributed by atoms with E-state index in [9.17, 15) is 13.2 Å². The third kappa shape index (κ3) is 3.91. The average Bonchev–Trinajstić information content (AvgIpc) is 3.06. The standard InChI is InChI=1S/C21H16F3N4O/c1-13-10-16(6-9-26-13)28-19-12-25-8-7-18(19)20(27-28)14(2)15-4-3-5-17(11-15)29-21(22,23)24/h3-12H,1-2H3. The summed E-state index contributed by atoms with van der Waals surface area (Å²) in [5, 5.41) is 5.57. The molecule has 3 heterocycles. The molecule has 0 N–H and O–H groups in total. The van der Waals surface area contributed by atoms with E-state index in [1.165, 1.54) is 18.2 Å². The minimum Gasteiger partial charge on any atom is -0.406 e. The lowest BCUT2D eigenvalue weighted by Crippen LogP contribution is -2.17. The van der Waals surface area contributed by atoms with Crippen LogP contribution in [0, 0.1) is 12.8 Å². The number of aryl methyl sites for hydroxylation is 1. The molecule has 8 heteroatoms. The Morgan fingerprint density at radius 2 is 1.90 bits per heavy atom. The zero-order chi connectivity index (χ0) is 20.6. The molecule has 147 valence electrons. The zero-order valence-corrected chi connectivity index (χ0v) is 15.6. The second kappa shape index (κ2) is 7.20. The molecule has 3 aromatic heterocycles. The van der Waals surface area contributed by atoms with Gasteiger partial charge in [-0.25, -0.2) is 4.68 Å². The Balaban J connectivity index is 1.80. The summed E-state index contributed by atoms with van der Waals surface area (Å²) in [5.74, 6) is 0.447. The molecule has 1 radical (unpaired) electrons. The van der Waals surface area contributed by atoms with Crippen LogP contribution in [-0.2, 0) is 0 Å². The van der Waals surface area contributed by atoms with Crippen LogP contribution in [0.5, 0.6) is 5.75 Å². The number of fused-ring (bicyclic) bond motifs is 1. The molecular weight excluding hydrogens is 381 g/mol. The van der Waals surface area contributed by atoms with Crippen molar-refractivity contribution < 1.29 is 17.9 Å². The van der Waals surface area contributed by atoms with Gasteiger partial charge in [-0.2, -0.15) is 5.10 Å². The molecule has 0 saturated carbocycles. The zero-order valence-electron chi connectivity index (χ0n) is 15.6. The van der Waals surface area contributed by atoms with Crippen molar-refractivity contribution in [1.29, 1.82) is 0 Å². The van der Waals surface area contributed by atoms with Gasteiger partial charge in [0.2, 0.25) is 0 Å². The quantitative estimate of drug-likeness (QED) is 0.486. The Hall–Kier alpha value is -3.42. The number of benzene rings is 1.